The van der Waals surface area contributed by atoms with Gasteiger partial charge >= 0.3 is 5.70 Å². The minimum atomic E-state index is -0.678. The molecule has 0 fully saturated rings. The van der Waals surface area contributed by atoms with Gasteiger partial charge in [-0.1, -0.05) is 30.3 Å². The number of carbonyl (C=O) groups is 1. The number of nitro groups is 1. The minimum absolute atomic E-state index is 0.285. The van der Waals surface area contributed by atoms with Gasteiger partial charge in [0.1, 0.15) is 0 Å². The van der Waals surface area contributed by atoms with Crippen LogP contribution in [-0.2, 0) is 7.05 Å². The number of hydrogen-bond acceptors (Lipinski definition) is 4. The number of carbonyl (C=O) groups excluding carboxylic acids is 1. The normalized spacial score (nSPS) is 11.3. The van der Waals surface area contributed by atoms with Crippen LogP contribution < -0.4 is 0 Å². The van der Waals surface area contributed by atoms with Crippen molar-refractivity contribution in [3.05, 3.63) is 69.7 Å². The van der Waals surface area contributed by atoms with E-state index in [1.54, 1.807) is 43.4 Å². The maximum atomic E-state index is 12.1. The van der Waals surface area contributed by atoms with Gasteiger partial charge in [-0.2, -0.15) is 5.10 Å². The Labute approximate surface area is 109 Å². The van der Waals surface area contributed by atoms with Gasteiger partial charge in [0, 0.05) is 24.9 Å². The fraction of sp³-hybridized carbons (Fsp3) is 0.0769. The average molecular weight is 257 g/mol. The third kappa shape index (κ3) is 2.74. The van der Waals surface area contributed by atoms with Gasteiger partial charge in [-0.15, -0.1) is 0 Å². The number of hydrogen-bond donors (Lipinski definition) is 0. The van der Waals surface area contributed by atoms with Crippen molar-refractivity contribution in [3.8, 4) is 0 Å². The maximum absolute atomic E-state index is 12.1. The molecule has 0 atom stereocenters. The van der Waals surface area contributed by atoms with E-state index in [0.717, 1.165) is 0 Å². The van der Waals surface area contributed by atoms with Gasteiger partial charge in [0.2, 0.25) is 0 Å². The zero-order valence-corrected chi connectivity index (χ0v) is 10.2. The molecular formula is C13H11N3O3. The fourth-order valence-corrected chi connectivity index (χ4v) is 1.60. The van der Waals surface area contributed by atoms with Crippen LogP contribution in [0.15, 0.2) is 48.3 Å². The monoisotopic (exact) mass is 257 g/mol. The first-order chi connectivity index (χ1) is 9.09. The predicted molar refractivity (Wildman–Crippen MR) is 69.0 cm³/mol. The molecule has 6 heteroatoms. The number of ketones is 1. The number of aromatic nitrogens is 2. The lowest BCUT2D eigenvalue weighted by molar-refractivity contribution is -0.415. The highest BCUT2D eigenvalue weighted by Crippen LogP contribution is 2.13. The van der Waals surface area contributed by atoms with Crippen LogP contribution in [0.2, 0.25) is 0 Å². The summed E-state index contributed by atoms with van der Waals surface area (Å²) < 4.78 is 1.46. The van der Waals surface area contributed by atoms with Gasteiger partial charge in [0.05, 0.1) is 10.6 Å². The molecule has 0 bridgehead atoms. The zero-order valence-electron chi connectivity index (χ0n) is 10.2. The number of benzene rings is 1. The Hall–Kier alpha value is -2.76. The van der Waals surface area contributed by atoms with Crippen molar-refractivity contribution in [1.82, 2.24) is 9.78 Å². The van der Waals surface area contributed by atoms with Crippen LogP contribution in [0.1, 0.15) is 16.1 Å². The van der Waals surface area contributed by atoms with Crippen molar-refractivity contribution in [2.24, 2.45) is 7.05 Å². The molecule has 0 N–H and O–H groups in total. The zero-order chi connectivity index (χ0) is 13.8. The van der Waals surface area contributed by atoms with Crippen LogP contribution in [0.3, 0.4) is 0 Å². The molecule has 0 aliphatic rings. The molecule has 0 saturated heterocycles. The van der Waals surface area contributed by atoms with Crippen LogP contribution >= 0.6 is 0 Å². The number of nitrogens with zero attached hydrogens (tertiary/aromatic N) is 3. The lowest BCUT2D eigenvalue weighted by Crippen LogP contribution is -2.12. The van der Waals surface area contributed by atoms with Gasteiger partial charge in [-0.05, 0) is 6.07 Å². The quantitative estimate of drug-likeness (QED) is 0.363. The Balaban J connectivity index is 2.42. The first-order valence-electron chi connectivity index (χ1n) is 5.53. The number of rotatable bonds is 4. The smallest absolute Gasteiger partial charge is 0.282 e. The van der Waals surface area contributed by atoms with Gasteiger partial charge in [0.25, 0.3) is 5.78 Å². The molecule has 0 spiro atoms. The summed E-state index contributed by atoms with van der Waals surface area (Å²) in [5, 5.41) is 14.9. The molecule has 0 aliphatic carbocycles. The largest absolute Gasteiger partial charge is 0.319 e. The summed E-state index contributed by atoms with van der Waals surface area (Å²) in [6.07, 6.45) is 2.73. The molecule has 96 valence electrons. The standard InChI is InChI=1S/C13H11N3O3/c1-15-11(7-8-14-15)9-12(16(18)19)13(17)10-5-3-2-4-6-10/h2-9H,1H3. The molecule has 1 heterocycles. The molecule has 0 aliphatic heterocycles. The summed E-state index contributed by atoms with van der Waals surface area (Å²) in [4.78, 5) is 22.4. The van der Waals surface area contributed by atoms with Crippen molar-refractivity contribution in [3.63, 3.8) is 0 Å². The van der Waals surface area contributed by atoms with Crippen molar-refractivity contribution >= 4 is 11.9 Å². The van der Waals surface area contributed by atoms with Crippen LogP contribution in [-0.4, -0.2) is 20.5 Å². The molecule has 19 heavy (non-hydrogen) atoms. The van der Waals surface area contributed by atoms with Gasteiger partial charge in [0.15, 0.2) is 0 Å². The molecule has 2 rings (SSSR count). The summed E-state index contributed by atoms with van der Waals surface area (Å²) in [5.74, 6) is -0.619. The lowest BCUT2D eigenvalue weighted by Gasteiger charge is -1.99. The van der Waals surface area contributed by atoms with E-state index in [1.165, 1.54) is 17.0 Å². The predicted octanol–water partition coefficient (Wildman–Crippen LogP) is 1.92. The van der Waals surface area contributed by atoms with E-state index < -0.39 is 16.4 Å². The Morgan fingerprint density at radius 1 is 1.32 bits per heavy atom. The van der Waals surface area contributed by atoms with E-state index in [2.05, 4.69) is 5.10 Å². The Bertz CT molecular complexity index is 644. The molecule has 1 aromatic carbocycles. The van der Waals surface area contributed by atoms with Gasteiger partial charge in [-0.25, -0.2) is 0 Å². The van der Waals surface area contributed by atoms with Crippen molar-refractivity contribution in [2.45, 2.75) is 0 Å². The molecule has 0 radical (unpaired) electrons. The fourth-order valence-electron chi connectivity index (χ4n) is 1.60. The first-order valence-corrected chi connectivity index (χ1v) is 5.53. The minimum Gasteiger partial charge on any atom is -0.282 e. The second kappa shape index (κ2) is 5.26. The molecule has 1 aromatic heterocycles. The molecule has 2 aromatic rings. The number of aryl methyl sites for hydroxylation is 1. The van der Waals surface area contributed by atoms with E-state index in [4.69, 9.17) is 0 Å². The SMILES string of the molecule is Cn1nccc1C=C(C(=O)c1ccccc1)[N+](=O)[O-]. The highest BCUT2D eigenvalue weighted by molar-refractivity contribution is 6.09. The van der Waals surface area contributed by atoms with Crippen molar-refractivity contribution in [1.29, 1.82) is 0 Å². The van der Waals surface area contributed by atoms with E-state index in [1.807, 2.05) is 0 Å². The van der Waals surface area contributed by atoms with Crippen LogP contribution in [0.4, 0.5) is 0 Å². The third-order valence-corrected chi connectivity index (χ3v) is 2.61. The van der Waals surface area contributed by atoms with E-state index >= 15 is 0 Å². The molecule has 0 saturated carbocycles. The summed E-state index contributed by atoms with van der Waals surface area (Å²) in [6.45, 7) is 0. The molecule has 0 amide bonds. The van der Waals surface area contributed by atoms with E-state index in [9.17, 15) is 14.9 Å². The molecular weight excluding hydrogens is 246 g/mol. The number of Topliss-reactive ketones (excluding diaryl/α,β-unsaturated/α-hetero) is 1. The third-order valence-electron chi connectivity index (χ3n) is 2.61. The Morgan fingerprint density at radius 2 is 2.00 bits per heavy atom. The van der Waals surface area contributed by atoms with Gasteiger partial charge in [-0.3, -0.25) is 19.6 Å². The summed E-state index contributed by atoms with van der Waals surface area (Å²) in [5.41, 5.74) is 0.304. The van der Waals surface area contributed by atoms with Crippen molar-refractivity contribution < 1.29 is 9.72 Å². The molecule has 0 unspecified atom stereocenters. The second-order valence-corrected chi connectivity index (χ2v) is 3.86. The van der Waals surface area contributed by atoms with Crippen molar-refractivity contribution in [2.75, 3.05) is 0 Å². The van der Waals surface area contributed by atoms with Crippen LogP contribution in [0, 0.1) is 10.1 Å². The topological polar surface area (TPSA) is 78.0 Å². The van der Waals surface area contributed by atoms with E-state index in [-0.39, 0.29) is 5.56 Å². The second-order valence-electron chi connectivity index (χ2n) is 3.86. The highest BCUT2D eigenvalue weighted by Gasteiger charge is 2.23. The summed E-state index contributed by atoms with van der Waals surface area (Å²) >= 11 is 0. The molecule has 6 nitrogen and oxygen atoms in total. The first kappa shape index (κ1) is 12.7. The number of allylic oxidation sites excluding steroid dienone is 1. The van der Waals surface area contributed by atoms with E-state index in [0.29, 0.717) is 5.69 Å². The highest BCUT2D eigenvalue weighted by atomic mass is 16.6. The van der Waals surface area contributed by atoms with Crippen LogP contribution in [0.25, 0.3) is 6.08 Å². The van der Waals surface area contributed by atoms with Gasteiger partial charge < -0.3 is 0 Å². The Kier molecular flexibility index (Phi) is 3.51. The average Bonchev–Trinajstić information content (AvgIpc) is 2.81. The lowest BCUT2D eigenvalue weighted by atomic mass is 10.1. The van der Waals surface area contributed by atoms with Crippen LogP contribution in [0.5, 0.6) is 0 Å². The maximum Gasteiger partial charge on any atom is 0.319 e. The Morgan fingerprint density at radius 3 is 2.53 bits per heavy atom. The summed E-state index contributed by atoms with van der Waals surface area (Å²) in [6, 6.07) is 9.75. The summed E-state index contributed by atoms with van der Waals surface area (Å²) in [7, 11) is 1.65.